The fraction of sp³-hybridized carbons (Fsp3) is 1.00. The largest absolute Gasteiger partial charge is 0.378 e. The molecule has 0 bridgehead atoms. The van der Waals surface area contributed by atoms with E-state index in [1.165, 1.54) is 141 Å². The topological polar surface area (TPSA) is 27.7 Å². The van der Waals surface area contributed by atoms with Crippen LogP contribution in [0, 0.1) is 0 Å². The predicted molar refractivity (Wildman–Crippen MR) is 141 cm³/mol. The van der Waals surface area contributed by atoms with Gasteiger partial charge in [0.1, 0.15) is 0 Å². The van der Waals surface area contributed by atoms with Crippen LogP contribution in [0.1, 0.15) is 155 Å². The van der Waals surface area contributed by atoms with Gasteiger partial charge in [-0.1, -0.05) is 103 Å². The Morgan fingerprint density at radius 2 is 0.818 bits per heavy atom. The number of hydrogen-bond acceptors (Lipinski definition) is 3. The first-order chi connectivity index (χ1) is 16.2. The average Bonchev–Trinajstić information content (AvgIpc) is 2.73. The Labute approximate surface area is 207 Å². The molecule has 2 aliphatic heterocycles. The molecule has 0 radical (unpaired) electrons. The van der Waals surface area contributed by atoms with Crippen molar-refractivity contribution in [2.24, 2.45) is 0 Å². The Morgan fingerprint density at radius 3 is 1.12 bits per heavy atom. The van der Waals surface area contributed by atoms with Crippen LogP contribution < -0.4 is 0 Å². The van der Waals surface area contributed by atoms with E-state index in [-0.39, 0.29) is 0 Å². The highest BCUT2D eigenvalue weighted by Crippen LogP contribution is 2.20. The third-order valence-corrected chi connectivity index (χ3v) is 7.82. The normalized spacial score (nSPS) is 22.0. The summed E-state index contributed by atoms with van der Waals surface area (Å²) >= 11 is 0. The molecule has 33 heavy (non-hydrogen) atoms. The van der Waals surface area contributed by atoms with Crippen LogP contribution in [0.15, 0.2) is 0 Å². The molecule has 196 valence electrons. The molecule has 0 aromatic carbocycles. The minimum atomic E-state index is 0.430. The quantitative estimate of drug-likeness (QED) is 0.133. The summed E-state index contributed by atoms with van der Waals surface area (Å²) in [5, 5.41) is 0. The molecule has 0 N–H and O–H groups in total. The summed E-state index contributed by atoms with van der Waals surface area (Å²) in [6, 6.07) is 0. The Balaban J connectivity index is 1.23. The van der Waals surface area contributed by atoms with Crippen LogP contribution in [0.5, 0.6) is 0 Å². The van der Waals surface area contributed by atoms with Crippen molar-refractivity contribution >= 4 is 0 Å². The van der Waals surface area contributed by atoms with Gasteiger partial charge in [-0.25, -0.2) is 0 Å². The lowest BCUT2D eigenvalue weighted by Crippen LogP contribution is -2.26. The summed E-state index contributed by atoms with van der Waals surface area (Å²) < 4.78 is 17.2. The minimum absolute atomic E-state index is 0.430. The molecular weight excluding hydrogens is 408 g/mol. The van der Waals surface area contributed by atoms with E-state index < -0.39 is 0 Å². The van der Waals surface area contributed by atoms with E-state index in [4.69, 9.17) is 14.2 Å². The van der Waals surface area contributed by atoms with Gasteiger partial charge in [0.15, 0.2) is 0 Å². The molecule has 0 aromatic rings. The van der Waals surface area contributed by atoms with E-state index >= 15 is 0 Å². The maximum absolute atomic E-state index is 6.24. The summed E-state index contributed by atoms with van der Waals surface area (Å²) in [5.41, 5.74) is 0. The SMILES string of the molecule is CC(CCCCCCCCCCC1CCO1)OC(C)CCCCCCCCCCC1CCO1. The fourth-order valence-corrected chi connectivity index (χ4v) is 5.29. The third-order valence-electron chi connectivity index (χ3n) is 7.82. The molecule has 0 saturated carbocycles. The van der Waals surface area contributed by atoms with Crippen molar-refractivity contribution in [1.29, 1.82) is 0 Å². The summed E-state index contributed by atoms with van der Waals surface area (Å²) in [6.07, 6.45) is 32.1. The first-order valence-electron chi connectivity index (χ1n) is 15.1. The maximum Gasteiger partial charge on any atom is 0.0597 e. The standard InChI is InChI=1S/C30H58O3/c1-27(19-15-11-7-3-5-9-13-17-21-29-23-25-31-29)33-28(2)20-16-12-8-4-6-10-14-18-22-30-24-26-32-30/h27-30H,3-26H2,1-2H3. The van der Waals surface area contributed by atoms with E-state index in [9.17, 15) is 0 Å². The summed E-state index contributed by atoms with van der Waals surface area (Å²) in [7, 11) is 0. The van der Waals surface area contributed by atoms with Crippen molar-refractivity contribution < 1.29 is 14.2 Å². The smallest absolute Gasteiger partial charge is 0.0597 e. The first kappa shape index (κ1) is 29.1. The van der Waals surface area contributed by atoms with Crippen LogP contribution in [-0.4, -0.2) is 37.6 Å². The molecule has 0 aliphatic carbocycles. The van der Waals surface area contributed by atoms with Crippen molar-refractivity contribution in [3.8, 4) is 0 Å². The molecule has 2 heterocycles. The number of unbranched alkanes of at least 4 members (excludes halogenated alkanes) is 14. The van der Waals surface area contributed by atoms with Crippen molar-refractivity contribution in [3.63, 3.8) is 0 Å². The molecule has 2 aliphatic rings. The zero-order chi connectivity index (χ0) is 23.4. The van der Waals surface area contributed by atoms with Gasteiger partial charge >= 0.3 is 0 Å². The average molecular weight is 467 g/mol. The highest BCUT2D eigenvalue weighted by Gasteiger charge is 2.17. The van der Waals surface area contributed by atoms with Crippen LogP contribution in [0.4, 0.5) is 0 Å². The van der Waals surface area contributed by atoms with Gasteiger partial charge in [0.05, 0.1) is 24.4 Å². The van der Waals surface area contributed by atoms with Crippen LogP contribution >= 0.6 is 0 Å². The number of rotatable bonds is 24. The van der Waals surface area contributed by atoms with Crippen LogP contribution in [-0.2, 0) is 14.2 Å². The highest BCUT2D eigenvalue weighted by molar-refractivity contribution is 4.66. The van der Waals surface area contributed by atoms with E-state index in [1.54, 1.807) is 0 Å². The molecule has 0 aromatic heterocycles. The summed E-state index contributed by atoms with van der Waals surface area (Å²) in [5.74, 6) is 0. The zero-order valence-electron chi connectivity index (χ0n) is 22.5. The molecule has 0 spiro atoms. The molecule has 0 amide bonds. The minimum Gasteiger partial charge on any atom is -0.378 e. The molecule has 2 rings (SSSR count). The molecule has 2 fully saturated rings. The highest BCUT2D eigenvalue weighted by atomic mass is 16.5. The second-order valence-corrected chi connectivity index (χ2v) is 11.1. The van der Waals surface area contributed by atoms with E-state index in [0.29, 0.717) is 24.4 Å². The van der Waals surface area contributed by atoms with E-state index in [0.717, 1.165) is 13.2 Å². The van der Waals surface area contributed by atoms with Gasteiger partial charge in [0, 0.05) is 13.2 Å². The maximum atomic E-state index is 6.24. The van der Waals surface area contributed by atoms with Gasteiger partial charge in [-0.05, 0) is 52.4 Å². The Bertz CT molecular complexity index is 381. The van der Waals surface area contributed by atoms with Gasteiger partial charge in [-0.3, -0.25) is 0 Å². The summed E-state index contributed by atoms with van der Waals surface area (Å²) in [4.78, 5) is 0. The summed E-state index contributed by atoms with van der Waals surface area (Å²) in [6.45, 7) is 6.56. The lowest BCUT2D eigenvalue weighted by atomic mass is 10.0. The molecular formula is C30H58O3. The van der Waals surface area contributed by atoms with Crippen LogP contribution in [0.2, 0.25) is 0 Å². The van der Waals surface area contributed by atoms with Gasteiger partial charge in [-0.15, -0.1) is 0 Å². The number of hydrogen-bond donors (Lipinski definition) is 0. The Hall–Kier alpha value is -0.120. The number of ether oxygens (including phenoxy) is 3. The third kappa shape index (κ3) is 16.2. The van der Waals surface area contributed by atoms with Gasteiger partial charge in [0.2, 0.25) is 0 Å². The fourth-order valence-electron chi connectivity index (χ4n) is 5.29. The Kier molecular flexibility index (Phi) is 17.7. The Morgan fingerprint density at radius 1 is 0.515 bits per heavy atom. The monoisotopic (exact) mass is 466 g/mol. The molecule has 4 unspecified atom stereocenters. The van der Waals surface area contributed by atoms with Crippen molar-refractivity contribution in [2.75, 3.05) is 13.2 Å². The second kappa shape index (κ2) is 20.1. The van der Waals surface area contributed by atoms with Gasteiger partial charge < -0.3 is 14.2 Å². The van der Waals surface area contributed by atoms with Crippen LogP contribution in [0.3, 0.4) is 0 Å². The lowest BCUT2D eigenvalue weighted by Gasteiger charge is -2.26. The van der Waals surface area contributed by atoms with E-state index in [2.05, 4.69) is 13.8 Å². The molecule has 2 saturated heterocycles. The van der Waals surface area contributed by atoms with Crippen molar-refractivity contribution in [1.82, 2.24) is 0 Å². The van der Waals surface area contributed by atoms with Crippen LogP contribution in [0.25, 0.3) is 0 Å². The first-order valence-corrected chi connectivity index (χ1v) is 15.1. The molecule has 3 heteroatoms. The molecule has 4 atom stereocenters. The van der Waals surface area contributed by atoms with Gasteiger partial charge in [0.25, 0.3) is 0 Å². The van der Waals surface area contributed by atoms with Crippen molar-refractivity contribution in [3.05, 3.63) is 0 Å². The lowest BCUT2D eigenvalue weighted by molar-refractivity contribution is -0.0557. The zero-order valence-corrected chi connectivity index (χ0v) is 22.5. The van der Waals surface area contributed by atoms with Crippen molar-refractivity contribution in [2.45, 2.75) is 180 Å². The predicted octanol–water partition coefficient (Wildman–Crippen LogP) is 9.16. The van der Waals surface area contributed by atoms with Gasteiger partial charge in [-0.2, -0.15) is 0 Å². The molecule has 3 nitrogen and oxygen atoms in total. The second-order valence-electron chi connectivity index (χ2n) is 11.1. The van der Waals surface area contributed by atoms with E-state index in [1.807, 2.05) is 0 Å².